The minimum atomic E-state index is -0.753. The van der Waals surface area contributed by atoms with Crippen LogP contribution in [0, 0.1) is 19.8 Å². The number of carboxylic acids is 1. The maximum atomic E-state index is 10.6. The van der Waals surface area contributed by atoms with Crippen LogP contribution in [0.3, 0.4) is 0 Å². The van der Waals surface area contributed by atoms with Crippen LogP contribution in [0.15, 0.2) is 6.07 Å². The summed E-state index contributed by atoms with van der Waals surface area (Å²) in [5.74, 6) is -0.507. The number of nitrogens with one attached hydrogen (secondary N) is 1. The summed E-state index contributed by atoms with van der Waals surface area (Å²) in [7, 11) is 0. The van der Waals surface area contributed by atoms with Gasteiger partial charge in [0.15, 0.2) is 0 Å². The van der Waals surface area contributed by atoms with Gasteiger partial charge in [0.2, 0.25) is 5.95 Å². The summed E-state index contributed by atoms with van der Waals surface area (Å²) < 4.78 is 0. The third kappa shape index (κ3) is 2.23. The average molecular weight is 207 g/mol. The Hall–Kier alpha value is -1.65. The normalized spacial score (nSPS) is 23.6. The van der Waals surface area contributed by atoms with Crippen molar-refractivity contribution in [2.75, 3.05) is 5.32 Å². The van der Waals surface area contributed by atoms with E-state index in [1.165, 1.54) is 0 Å². The molecule has 0 bridgehead atoms. The monoisotopic (exact) mass is 207 g/mol. The summed E-state index contributed by atoms with van der Waals surface area (Å²) in [6, 6.07) is 1.87. The van der Waals surface area contributed by atoms with E-state index >= 15 is 0 Å². The van der Waals surface area contributed by atoms with Gasteiger partial charge in [0.05, 0.1) is 5.92 Å². The van der Waals surface area contributed by atoms with Crippen molar-refractivity contribution in [1.82, 2.24) is 9.97 Å². The molecule has 1 heterocycles. The highest BCUT2D eigenvalue weighted by Gasteiger charge is 2.43. The Labute approximate surface area is 87.6 Å². The number of carbonyl (C=O) groups is 1. The topological polar surface area (TPSA) is 75.1 Å². The van der Waals surface area contributed by atoms with E-state index in [9.17, 15) is 4.79 Å². The van der Waals surface area contributed by atoms with Gasteiger partial charge in [-0.2, -0.15) is 0 Å². The molecule has 0 aromatic carbocycles. The van der Waals surface area contributed by atoms with Crippen molar-refractivity contribution in [3.63, 3.8) is 0 Å². The number of rotatable bonds is 3. The fourth-order valence-electron chi connectivity index (χ4n) is 1.58. The quantitative estimate of drug-likeness (QED) is 0.772. The molecule has 1 aliphatic carbocycles. The van der Waals surface area contributed by atoms with E-state index in [1.807, 2.05) is 19.9 Å². The lowest BCUT2D eigenvalue weighted by atomic mass is 10.3. The van der Waals surface area contributed by atoms with Crippen molar-refractivity contribution < 1.29 is 9.90 Å². The van der Waals surface area contributed by atoms with Gasteiger partial charge >= 0.3 is 5.97 Å². The molecule has 2 rings (SSSR count). The maximum absolute atomic E-state index is 10.6. The van der Waals surface area contributed by atoms with Gasteiger partial charge in [0.1, 0.15) is 0 Å². The molecule has 0 radical (unpaired) electrons. The second kappa shape index (κ2) is 3.49. The van der Waals surface area contributed by atoms with Crippen molar-refractivity contribution >= 4 is 11.9 Å². The van der Waals surface area contributed by atoms with Gasteiger partial charge < -0.3 is 10.4 Å². The Kier molecular flexibility index (Phi) is 2.30. The summed E-state index contributed by atoms with van der Waals surface area (Å²) in [6.07, 6.45) is 0.658. The van der Waals surface area contributed by atoms with E-state index < -0.39 is 5.97 Å². The van der Waals surface area contributed by atoms with Gasteiger partial charge in [-0.3, -0.25) is 4.79 Å². The third-order valence-corrected chi connectivity index (χ3v) is 2.40. The number of aliphatic carboxylic acids is 1. The molecular formula is C10H13N3O2. The van der Waals surface area contributed by atoms with Crippen LogP contribution in [0.25, 0.3) is 0 Å². The van der Waals surface area contributed by atoms with Crippen LogP contribution in [-0.2, 0) is 4.79 Å². The summed E-state index contributed by atoms with van der Waals surface area (Å²) in [5, 5.41) is 11.8. The van der Waals surface area contributed by atoms with E-state index in [4.69, 9.17) is 5.11 Å². The van der Waals surface area contributed by atoms with Crippen LogP contribution in [0.5, 0.6) is 0 Å². The molecule has 1 saturated carbocycles. The second-order valence-corrected chi connectivity index (χ2v) is 3.91. The standard InChI is InChI=1S/C10H13N3O2/c1-5-3-6(2)12-10(11-5)13-8-4-7(8)9(14)15/h3,7-8H,4H2,1-2H3,(H,14,15)(H,11,12,13). The zero-order valence-electron chi connectivity index (χ0n) is 8.69. The van der Waals surface area contributed by atoms with Crippen LogP contribution in [0.1, 0.15) is 17.8 Å². The van der Waals surface area contributed by atoms with Crippen LogP contribution >= 0.6 is 0 Å². The van der Waals surface area contributed by atoms with Crippen molar-refractivity contribution in [2.45, 2.75) is 26.3 Å². The number of nitrogens with zero attached hydrogens (tertiary/aromatic N) is 2. The lowest BCUT2D eigenvalue weighted by Crippen LogP contribution is -2.12. The fraction of sp³-hybridized carbons (Fsp3) is 0.500. The van der Waals surface area contributed by atoms with E-state index in [1.54, 1.807) is 0 Å². The van der Waals surface area contributed by atoms with Gasteiger partial charge in [-0.15, -0.1) is 0 Å². The van der Waals surface area contributed by atoms with E-state index in [2.05, 4.69) is 15.3 Å². The molecule has 1 aliphatic rings. The van der Waals surface area contributed by atoms with Crippen LogP contribution < -0.4 is 5.32 Å². The highest BCUT2D eigenvalue weighted by Crippen LogP contribution is 2.32. The predicted molar refractivity (Wildman–Crippen MR) is 54.7 cm³/mol. The molecule has 15 heavy (non-hydrogen) atoms. The number of hydrogen-bond acceptors (Lipinski definition) is 4. The molecule has 1 aromatic rings. The van der Waals surface area contributed by atoms with Gasteiger partial charge in [0.25, 0.3) is 0 Å². The predicted octanol–water partition coefficient (Wildman–Crippen LogP) is 0.978. The Morgan fingerprint density at radius 1 is 1.47 bits per heavy atom. The zero-order valence-corrected chi connectivity index (χ0v) is 8.69. The Morgan fingerprint density at radius 3 is 2.53 bits per heavy atom. The van der Waals surface area contributed by atoms with E-state index in [0.717, 1.165) is 11.4 Å². The SMILES string of the molecule is Cc1cc(C)nc(NC2CC2C(=O)O)n1. The number of aromatic nitrogens is 2. The molecule has 0 spiro atoms. The molecule has 2 N–H and O–H groups in total. The first-order chi connectivity index (χ1) is 7.06. The smallest absolute Gasteiger partial charge is 0.308 e. The second-order valence-electron chi connectivity index (χ2n) is 3.91. The van der Waals surface area contributed by atoms with Crippen molar-refractivity contribution in [3.8, 4) is 0 Å². The summed E-state index contributed by atoms with van der Waals surface area (Å²) in [4.78, 5) is 19.0. The first-order valence-electron chi connectivity index (χ1n) is 4.88. The van der Waals surface area contributed by atoms with Crippen LogP contribution in [-0.4, -0.2) is 27.1 Å². The Balaban J connectivity index is 2.03. The van der Waals surface area contributed by atoms with Crippen LogP contribution in [0.2, 0.25) is 0 Å². The third-order valence-electron chi connectivity index (χ3n) is 2.40. The van der Waals surface area contributed by atoms with Crippen molar-refractivity contribution in [2.24, 2.45) is 5.92 Å². The van der Waals surface area contributed by atoms with Crippen molar-refractivity contribution in [1.29, 1.82) is 0 Å². The molecule has 5 heteroatoms. The minimum absolute atomic E-state index is 0.0105. The molecule has 0 aliphatic heterocycles. The molecule has 80 valence electrons. The number of carboxylic acid groups (broad SMARTS) is 1. The van der Waals surface area contributed by atoms with Gasteiger partial charge in [-0.1, -0.05) is 0 Å². The fourth-order valence-corrected chi connectivity index (χ4v) is 1.58. The Bertz CT molecular complexity index is 385. The van der Waals surface area contributed by atoms with E-state index in [-0.39, 0.29) is 12.0 Å². The molecule has 1 aromatic heterocycles. The van der Waals surface area contributed by atoms with Gasteiger partial charge in [-0.25, -0.2) is 9.97 Å². The summed E-state index contributed by atoms with van der Waals surface area (Å²) in [5.41, 5.74) is 1.77. The minimum Gasteiger partial charge on any atom is -0.481 e. The Morgan fingerprint density at radius 2 is 2.07 bits per heavy atom. The number of hydrogen-bond donors (Lipinski definition) is 2. The maximum Gasteiger partial charge on any atom is 0.308 e. The highest BCUT2D eigenvalue weighted by molar-refractivity contribution is 5.75. The highest BCUT2D eigenvalue weighted by atomic mass is 16.4. The average Bonchev–Trinajstić information content (AvgIpc) is 2.81. The number of aryl methyl sites for hydroxylation is 2. The lowest BCUT2D eigenvalue weighted by Gasteiger charge is -2.04. The molecule has 0 amide bonds. The molecule has 2 atom stereocenters. The van der Waals surface area contributed by atoms with Crippen molar-refractivity contribution in [3.05, 3.63) is 17.5 Å². The first kappa shape index (κ1) is 9.89. The van der Waals surface area contributed by atoms with Gasteiger partial charge in [0, 0.05) is 17.4 Å². The zero-order chi connectivity index (χ0) is 11.0. The van der Waals surface area contributed by atoms with Crippen LogP contribution in [0.4, 0.5) is 5.95 Å². The van der Waals surface area contributed by atoms with Gasteiger partial charge in [-0.05, 0) is 26.3 Å². The molecule has 1 fully saturated rings. The summed E-state index contributed by atoms with van der Waals surface area (Å²) in [6.45, 7) is 3.78. The van der Waals surface area contributed by atoms with E-state index in [0.29, 0.717) is 12.4 Å². The number of anilines is 1. The molecule has 0 saturated heterocycles. The molecular weight excluding hydrogens is 194 g/mol. The first-order valence-corrected chi connectivity index (χ1v) is 4.88. The lowest BCUT2D eigenvalue weighted by molar-refractivity contribution is -0.138. The molecule has 5 nitrogen and oxygen atoms in total. The largest absolute Gasteiger partial charge is 0.481 e. The molecule has 2 unspecified atom stereocenters. The summed E-state index contributed by atoms with van der Waals surface area (Å²) >= 11 is 0.